The van der Waals surface area contributed by atoms with Gasteiger partial charge in [0.1, 0.15) is 0 Å². The third-order valence-corrected chi connectivity index (χ3v) is 5.84. The maximum Gasteiger partial charge on any atom is 0.169 e. The van der Waals surface area contributed by atoms with Gasteiger partial charge in [0.2, 0.25) is 0 Å². The van der Waals surface area contributed by atoms with Gasteiger partial charge in [0.05, 0.1) is 12.7 Å². The van der Waals surface area contributed by atoms with Gasteiger partial charge in [-0.1, -0.05) is 36.8 Å². The normalized spacial score (nSPS) is 35.7. The summed E-state index contributed by atoms with van der Waals surface area (Å²) in [4.78, 5) is 2.56. The van der Waals surface area contributed by atoms with Crippen molar-refractivity contribution in [3.63, 3.8) is 0 Å². The predicted octanol–water partition coefficient (Wildman–Crippen LogP) is 3.94. The van der Waals surface area contributed by atoms with E-state index in [4.69, 9.17) is 9.47 Å². The zero-order valence-corrected chi connectivity index (χ0v) is 14.1. The van der Waals surface area contributed by atoms with E-state index in [1.165, 1.54) is 50.8 Å². The number of hydrogen-bond donors (Lipinski definition) is 0. The molecule has 1 aromatic rings. The first-order valence-electron chi connectivity index (χ1n) is 9.42. The van der Waals surface area contributed by atoms with Crippen LogP contribution < -0.4 is 0 Å². The summed E-state index contributed by atoms with van der Waals surface area (Å²) in [6.07, 6.45) is 8.81. The number of rotatable bonds is 3. The highest BCUT2D eigenvalue weighted by Gasteiger charge is 2.44. The summed E-state index contributed by atoms with van der Waals surface area (Å²) in [6, 6.07) is 10.9. The lowest BCUT2D eigenvalue weighted by atomic mass is 9.81. The Kier molecular flexibility index (Phi) is 4.70. The van der Waals surface area contributed by atoms with Crippen molar-refractivity contribution >= 4 is 0 Å². The maximum absolute atomic E-state index is 6.41. The molecule has 1 saturated carbocycles. The topological polar surface area (TPSA) is 21.7 Å². The van der Waals surface area contributed by atoms with Crippen molar-refractivity contribution in [3.05, 3.63) is 35.9 Å². The highest BCUT2D eigenvalue weighted by Crippen LogP contribution is 2.43. The second-order valence-electron chi connectivity index (χ2n) is 7.51. The van der Waals surface area contributed by atoms with Crippen molar-refractivity contribution in [2.24, 2.45) is 0 Å². The van der Waals surface area contributed by atoms with Crippen LogP contribution in [0.4, 0.5) is 0 Å². The Morgan fingerprint density at radius 2 is 1.74 bits per heavy atom. The lowest BCUT2D eigenvalue weighted by molar-refractivity contribution is -0.190. The minimum Gasteiger partial charge on any atom is -0.347 e. The third-order valence-electron chi connectivity index (χ3n) is 5.84. The fourth-order valence-electron chi connectivity index (χ4n) is 4.51. The van der Waals surface area contributed by atoms with Crippen LogP contribution in [0, 0.1) is 0 Å². The molecular formula is C20H29NO2. The van der Waals surface area contributed by atoms with Crippen molar-refractivity contribution in [1.82, 2.24) is 4.90 Å². The number of piperidine rings is 1. The van der Waals surface area contributed by atoms with Crippen molar-refractivity contribution in [1.29, 1.82) is 0 Å². The van der Waals surface area contributed by atoms with Crippen LogP contribution >= 0.6 is 0 Å². The maximum atomic E-state index is 6.41. The Labute approximate surface area is 140 Å². The molecular weight excluding hydrogens is 286 g/mol. The molecule has 0 N–H and O–H groups in total. The molecule has 0 aromatic heterocycles. The monoisotopic (exact) mass is 315 g/mol. The predicted molar refractivity (Wildman–Crippen MR) is 91.5 cm³/mol. The van der Waals surface area contributed by atoms with Crippen molar-refractivity contribution in [3.8, 4) is 0 Å². The van der Waals surface area contributed by atoms with Gasteiger partial charge < -0.3 is 14.4 Å². The average molecular weight is 315 g/mol. The fourth-order valence-corrected chi connectivity index (χ4v) is 4.51. The van der Waals surface area contributed by atoms with Crippen LogP contribution in [0.3, 0.4) is 0 Å². The molecule has 0 radical (unpaired) electrons. The van der Waals surface area contributed by atoms with Gasteiger partial charge in [-0.05, 0) is 50.3 Å². The quantitative estimate of drug-likeness (QED) is 0.843. The van der Waals surface area contributed by atoms with Gasteiger partial charge in [-0.15, -0.1) is 0 Å². The van der Waals surface area contributed by atoms with Crippen molar-refractivity contribution in [2.75, 3.05) is 26.2 Å². The molecule has 1 aliphatic carbocycles. The van der Waals surface area contributed by atoms with Crippen LogP contribution in [0.2, 0.25) is 0 Å². The molecule has 1 unspecified atom stereocenters. The van der Waals surface area contributed by atoms with Gasteiger partial charge in [-0.3, -0.25) is 0 Å². The van der Waals surface area contributed by atoms with Crippen LogP contribution in [0.1, 0.15) is 56.4 Å². The van der Waals surface area contributed by atoms with Crippen molar-refractivity contribution < 1.29 is 9.47 Å². The Bertz CT molecular complexity index is 490. The molecule has 1 atom stereocenters. The fraction of sp³-hybridized carbons (Fsp3) is 0.700. The molecule has 3 nitrogen and oxygen atoms in total. The number of hydrogen-bond acceptors (Lipinski definition) is 3. The van der Waals surface area contributed by atoms with Gasteiger partial charge in [0.25, 0.3) is 0 Å². The third kappa shape index (κ3) is 3.62. The summed E-state index contributed by atoms with van der Waals surface area (Å²) >= 11 is 0. The zero-order valence-electron chi connectivity index (χ0n) is 14.1. The van der Waals surface area contributed by atoms with E-state index in [0.717, 1.165) is 26.0 Å². The summed E-state index contributed by atoms with van der Waals surface area (Å²) in [7, 11) is 0. The molecule has 4 rings (SSSR count). The molecule has 126 valence electrons. The molecule has 3 aliphatic rings. The second-order valence-corrected chi connectivity index (χ2v) is 7.51. The largest absolute Gasteiger partial charge is 0.347 e. The first kappa shape index (κ1) is 15.6. The van der Waals surface area contributed by atoms with Gasteiger partial charge in [-0.2, -0.15) is 0 Å². The second kappa shape index (κ2) is 6.92. The highest BCUT2D eigenvalue weighted by atomic mass is 16.7. The molecule has 2 aliphatic heterocycles. The summed E-state index contributed by atoms with van der Waals surface area (Å²) in [5.41, 5.74) is 1.48. The van der Waals surface area contributed by atoms with Crippen LogP contribution in [0.25, 0.3) is 0 Å². The summed E-state index contributed by atoms with van der Waals surface area (Å²) in [5, 5.41) is 0. The van der Waals surface area contributed by atoms with Crippen LogP contribution in [-0.4, -0.2) is 43.0 Å². The lowest BCUT2D eigenvalue weighted by Gasteiger charge is -2.36. The van der Waals surface area contributed by atoms with E-state index in [9.17, 15) is 0 Å². The highest BCUT2D eigenvalue weighted by molar-refractivity contribution is 5.20. The Morgan fingerprint density at radius 1 is 1.00 bits per heavy atom. The molecule has 0 amide bonds. The van der Waals surface area contributed by atoms with E-state index in [-0.39, 0.29) is 11.9 Å². The lowest BCUT2D eigenvalue weighted by Crippen LogP contribution is -2.39. The van der Waals surface area contributed by atoms with Crippen LogP contribution in [0.5, 0.6) is 0 Å². The van der Waals surface area contributed by atoms with E-state index in [2.05, 4.69) is 35.2 Å². The molecule has 1 spiro atoms. The smallest absolute Gasteiger partial charge is 0.169 e. The van der Waals surface area contributed by atoms with Crippen molar-refractivity contribution in [2.45, 2.75) is 62.8 Å². The van der Waals surface area contributed by atoms with E-state index in [0.29, 0.717) is 5.92 Å². The van der Waals surface area contributed by atoms with E-state index < -0.39 is 0 Å². The van der Waals surface area contributed by atoms with Crippen LogP contribution in [-0.2, 0) is 9.47 Å². The average Bonchev–Trinajstić information content (AvgIpc) is 2.99. The first-order chi connectivity index (χ1) is 11.3. The van der Waals surface area contributed by atoms with E-state index in [1.807, 2.05) is 0 Å². The number of nitrogens with zero attached hydrogens (tertiary/aromatic N) is 1. The van der Waals surface area contributed by atoms with Gasteiger partial charge in [0.15, 0.2) is 5.79 Å². The number of likely N-dealkylation sites (tertiary alicyclic amines) is 1. The Morgan fingerprint density at radius 3 is 2.48 bits per heavy atom. The molecule has 3 fully saturated rings. The van der Waals surface area contributed by atoms with E-state index in [1.54, 1.807) is 0 Å². The van der Waals surface area contributed by atoms with Crippen LogP contribution in [0.15, 0.2) is 30.3 Å². The minimum atomic E-state index is -0.272. The molecule has 1 aromatic carbocycles. The molecule has 0 bridgehead atoms. The standard InChI is InChI=1S/C20H29NO2/c1-3-7-17(8-4-1)18-9-11-20(12-10-18)22-16-19(23-20)15-21-13-5-2-6-14-21/h1,3-4,7-8,18-19H,2,5-6,9-16H2. The Hall–Kier alpha value is -0.900. The summed E-state index contributed by atoms with van der Waals surface area (Å²) in [5.74, 6) is 0.404. The molecule has 2 saturated heterocycles. The van der Waals surface area contributed by atoms with E-state index >= 15 is 0 Å². The molecule has 23 heavy (non-hydrogen) atoms. The van der Waals surface area contributed by atoms with Gasteiger partial charge in [0, 0.05) is 19.4 Å². The molecule has 3 heteroatoms. The summed E-state index contributed by atoms with van der Waals surface area (Å²) in [6.45, 7) is 4.32. The number of benzene rings is 1. The summed E-state index contributed by atoms with van der Waals surface area (Å²) < 4.78 is 12.6. The number of ether oxygens (including phenoxy) is 2. The minimum absolute atomic E-state index is 0.272. The molecule has 2 heterocycles. The zero-order chi connectivity index (χ0) is 15.5. The Balaban J connectivity index is 1.29. The SMILES string of the molecule is c1ccc(C2CCC3(CC2)OCC(CN2CCCCC2)O3)cc1. The van der Waals surface area contributed by atoms with Gasteiger partial charge in [-0.25, -0.2) is 0 Å². The first-order valence-corrected chi connectivity index (χ1v) is 9.42. The van der Waals surface area contributed by atoms with Gasteiger partial charge >= 0.3 is 0 Å².